The van der Waals surface area contributed by atoms with E-state index in [1.165, 1.54) is 11.8 Å². The summed E-state index contributed by atoms with van der Waals surface area (Å²) in [5, 5.41) is 3.73. The highest BCUT2D eigenvalue weighted by molar-refractivity contribution is 7.98. The topological polar surface area (TPSA) is 64.1 Å². The van der Waals surface area contributed by atoms with Crippen molar-refractivity contribution in [3.8, 4) is 5.88 Å². The van der Waals surface area contributed by atoms with Crippen molar-refractivity contribution in [2.75, 3.05) is 18.2 Å². The van der Waals surface area contributed by atoms with Crippen molar-refractivity contribution >= 4 is 35.0 Å². The fraction of sp³-hybridized carbons (Fsp3) is 0.312. The number of thioether (sulfide) groups is 1. The summed E-state index contributed by atoms with van der Waals surface area (Å²) in [4.78, 5) is 20.7. The Bertz CT molecular complexity index is 678. The molecule has 0 bridgehead atoms. The van der Waals surface area contributed by atoms with Crippen molar-refractivity contribution in [2.24, 2.45) is 5.92 Å². The summed E-state index contributed by atoms with van der Waals surface area (Å²) in [6.45, 7) is 4.74. The van der Waals surface area contributed by atoms with Gasteiger partial charge in [0.25, 0.3) is 5.91 Å². The number of hydrogen-bond donors (Lipinski definition) is 1. The van der Waals surface area contributed by atoms with Gasteiger partial charge < -0.3 is 10.1 Å². The normalized spacial score (nSPS) is 10.7. The number of nitrogens with zero attached hydrogens (tertiary/aromatic N) is 2. The molecule has 0 fully saturated rings. The summed E-state index contributed by atoms with van der Waals surface area (Å²) in [7, 11) is 0. The van der Waals surface area contributed by atoms with E-state index < -0.39 is 0 Å². The number of pyridine rings is 2. The Labute approximate surface area is 144 Å². The average Bonchev–Trinajstić information content (AvgIpc) is 2.53. The van der Waals surface area contributed by atoms with E-state index in [0.29, 0.717) is 39.8 Å². The first-order valence-corrected chi connectivity index (χ1v) is 8.70. The standard InChI is InChI=1S/C16H18ClN3O2S/c1-10(2)9-22-14-7-4-11(8-18-14)19-15(21)12-5-6-13(17)20-16(12)23-3/h4-8,10H,9H2,1-3H3,(H,19,21). The molecule has 0 aromatic carbocycles. The van der Waals surface area contributed by atoms with E-state index in [0.717, 1.165) is 0 Å². The lowest BCUT2D eigenvalue weighted by atomic mass is 10.2. The zero-order valence-electron chi connectivity index (χ0n) is 13.2. The lowest BCUT2D eigenvalue weighted by Crippen LogP contribution is -2.14. The predicted molar refractivity (Wildman–Crippen MR) is 93.6 cm³/mol. The molecule has 23 heavy (non-hydrogen) atoms. The average molecular weight is 352 g/mol. The van der Waals surface area contributed by atoms with E-state index in [4.69, 9.17) is 16.3 Å². The molecule has 2 rings (SSSR count). The molecule has 2 aromatic rings. The minimum absolute atomic E-state index is 0.254. The zero-order valence-corrected chi connectivity index (χ0v) is 14.7. The van der Waals surface area contributed by atoms with E-state index in [1.807, 2.05) is 6.26 Å². The maximum atomic E-state index is 12.3. The Morgan fingerprint density at radius 1 is 1.35 bits per heavy atom. The highest BCUT2D eigenvalue weighted by Gasteiger charge is 2.13. The van der Waals surface area contributed by atoms with E-state index in [2.05, 4.69) is 29.1 Å². The molecule has 0 aliphatic rings. The molecule has 1 amide bonds. The minimum Gasteiger partial charge on any atom is -0.477 e. The molecule has 5 nitrogen and oxygen atoms in total. The van der Waals surface area contributed by atoms with Crippen LogP contribution in [0.2, 0.25) is 5.15 Å². The van der Waals surface area contributed by atoms with Crippen LogP contribution in [0.3, 0.4) is 0 Å². The van der Waals surface area contributed by atoms with Gasteiger partial charge in [0, 0.05) is 6.07 Å². The van der Waals surface area contributed by atoms with Crippen LogP contribution in [0.1, 0.15) is 24.2 Å². The summed E-state index contributed by atoms with van der Waals surface area (Å²) in [6, 6.07) is 6.73. The lowest BCUT2D eigenvalue weighted by Gasteiger charge is -2.10. The van der Waals surface area contributed by atoms with E-state index in [9.17, 15) is 4.79 Å². The number of amides is 1. The molecule has 0 atom stereocenters. The number of carbonyl (C=O) groups excluding carboxylic acids is 1. The van der Waals surface area contributed by atoms with E-state index >= 15 is 0 Å². The number of anilines is 1. The summed E-state index contributed by atoms with van der Waals surface area (Å²) >= 11 is 7.22. The number of rotatable bonds is 6. The SMILES string of the molecule is CSc1nc(Cl)ccc1C(=O)Nc1ccc(OCC(C)C)nc1. The van der Waals surface area contributed by atoms with Gasteiger partial charge in [-0.1, -0.05) is 25.4 Å². The van der Waals surface area contributed by atoms with Crippen LogP contribution < -0.4 is 10.1 Å². The lowest BCUT2D eigenvalue weighted by molar-refractivity contribution is 0.102. The van der Waals surface area contributed by atoms with Crippen LogP contribution in [0.25, 0.3) is 0 Å². The zero-order chi connectivity index (χ0) is 16.8. The monoisotopic (exact) mass is 351 g/mol. The van der Waals surface area contributed by atoms with Crippen LogP contribution in [0.4, 0.5) is 5.69 Å². The van der Waals surface area contributed by atoms with Gasteiger partial charge in [0.05, 0.1) is 24.1 Å². The Hall–Kier alpha value is -1.79. The van der Waals surface area contributed by atoms with Crippen molar-refractivity contribution in [2.45, 2.75) is 18.9 Å². The van der Waals surface area contributed by atoms with Gasteiger partial charge in [0.1, 0.15) is 10.2 Å². The molecule has 0 aliphatic carbocycles. The molecule has 0 saturated heterocycles. The van der Waals surface area contributed by atoms with Crippen LogP contribution in [0.5, 0.6) is 5.88 Å². The fourth-order valence-electron chi connectivity index (χ4n) is 1.74. The smallest absolute Gasteiger partial charge is 0.258 e. The van der Waals surface area contributed by atoms with Gasteiger partial charge in [-0.3, -0.25) is 4.79 Å². The molecule has 1 N–H and O–H groups in total. The van der Waals surface area contributed by atoms with Gasteiger partial charge in [-0.25, -0.2) is 9.97 Å². The first-order chi connectivity index (χ1) is 11.0. The fourth-order valence-corrected chi connectivity index (χ4v) is 2.50. The molecular weight excluding hydrogens is 334 g/mol. The number of carbonyl (C=O) groups is 1. The molecule has 7 heteroatoms. The quantitative estimate of drug-likeness (QED) is 0.626. The second-order valence-electron chi connectivity index (χ2n) is 5.23. The minimum atomic E-state index is -0.254. The van der Waals surface area contributed by atoms with Gasteiger partial charge in [-0.2, -0.15) is 0 Å². The summed E-state index contributed by atoms with van der Waals surface area (Å²) in [5.74, 6) is 0.712. The molecule has 0 saturated carbocycles. The summed E-state index contributed by atoms with van der Waals surface area (Å²) < 4.78 is 5.51. The van der Waals surface area contributed by atoms with Gasteiger partial charge >= 0.3 is 0 Å². The highest BCUT2D eigenvalue weighted by Crippen LogP contribution is 2.22. The van der Waals surface area contributed by atoms with Crippen LogP contribution in [0.15, 0.2) is 35.5 Å². The van der Waals surface area contributed by atoms with E-state index in [-0.39, 0.29) is 5.91 Å². The maximum Gasteiger partial charge on any atom is 0.258 e. The summed E-state index contributed by atoms with van der Waals surface area (Å²) in [6.07, 6.45) is 3.41. The number of nitrogens with one attached hydrogen (secondary N) is 1. The van der Waals surface area contributed by atoms with Crippen LogP contribution in [-0.4, -0.2) is 28.7 Å². The molecule has 0 radical (unpaired) electrons. The van der Waals surface area contributed by atoms with Gasteiger partial charge in [-0.05, 0) is 30.4 Å². The highest BCUT2D eigenvalue weighted by atomic mass is 35.5. The summed E-state index contributed by atoms with van der Waals surface area (Å²) in [5.41, 5.74) is 1.07. The van der Waals surface area contributed by atoms with E-state index in [1.54, 1.807) is 30.5 Å². The number of aromatic nitrogens is 2. The molecular formula is C16H18ClN3O2S. The van der Waals surface area contributed by atoms with Crippen molar-refractivity contribution in [1.82, 2.24) is 9.97 Å². The third-order valence-electron chi connectivity index (χ3n) is 2.82. The Morgan fingerprint density at radius 3 is 2.74 bits per heavy atom. The second kappa shape index (κ2) is 8.17. The molecule has 0 unspecified atom stereocenters. The first kappa shape index (κ1) is 17.6. The Morgan fingerprint density at radius 2 is 2.13 bits per heavy atom. The number of hydrogen-bond acceptors (Lipinski definition) is 5. The van der Waals surface area contributed by atoms with Crippen molar-refractivity contribution in [3.05, 3.63) is 41.2 Å². The maximum absolute atomic E-state index is 12.3. The molecule has 122 valence electrons. The first-order valence-electron chi connectivity index (χ1n) is 7.10. The van der Waals surface area contributed by atoms with Crippen LogP contribution in [0, 0.1) is 5.92 Å². The van der Waals surface area contributed by atoms with Crippen molar-refractivity contribution < 1.29 is 9.53 Å². The molecule has 2 heterocycles. The second-order valence-corrected chi connectivity index (χ2v) is 6.42. The predicted octanol–water partition coefficient (Wildman–Crippen LogP) is 4.14. The van der Waals surface area contributed by atoms with Crippen molar-refractivity contribution in [1.29, 1.82) is 0 Å². The van der Waals surface area contributed by atoms with Crippen molar-refractivity contribution in [3.63, 3.8) is 0 Å². The molecule has 2 aromatic heterocycles. The Balaban J connectivity index is 2.05. The molecule has 0 aliphatic heterocycles. The largest absolute Gasteiger partial charge is 0.477 e. The van der Waals surface area contributed by atoms with Crippen LogP contribution >= 0.6 is 23.4 Å². The third kappa shape index (κ3) is 5.11. The van der Waals surface area contributed by atoms with Gasteiger partial charge in [0.15, 0.2) is 0 Å². The molecule has 0 spiro atoms. The Kier molecular flexibility index (Phi) is 6.24. The van der Waals surface area contributed by atoms with Crippen LogP contribution in [-0.2, 0) is 0 Å². The van der Waals surface area contributed by atoms with Gasteiger partial charge in [0.2, 0.25) is 5.88 Å². The third-order valence-corrected chi connectivity index (χ3v) is 3.73. The number of ether oxygens (including phenoxy) is 1. The number of halogens is 1. The van der Waals surface area contributed by atoms with Gasteiger partial charge in [-0.15, -0.1) is 11.8 Å².